The van der Waals surface area contributed by atoms with E-state index in [-0.39, 0.29) is 53.9 Å². The van der Waals surface area contributed by atoms with Crippen molar-refractivity contribution in [3.8, 4) is 11.1 Å². The molecular formula is C45H61F2N11O5. The number of aliphatic hydroxyl groups is 1. The number of carbonyl (C=O) groups excluding carboxylic acids is 3. The molecule has 4 aliphatic heterocycles. The van der Waals surface area contributed by atoms with Gasteiger partial charge in [0.1, 0.15) is 12.3 Å². The lowest BCUT2D eigenvalue weighted by Gasteiger charge is -2.48. The highest BCUT2D eigenvalue weighted by atomic mass is 19.3. The molecule has 0 bridgehead atoms. The van der Waals surface area contributed by atoms with Crippen LogP contribution in [0.4, 0.5) is 20.2 Å². The number of imidazole rings is 1. The molecule has 4 aliphatic rings. The summed E-state index contributed by atoms with van der Waals surface area (Å²) in [5.74, 6) is -0.743. The van der Waals surface area contributed by atoms with Crippen molar-refractivity contribution < 1.29 is 28.3 Å². The van der Waals surface area contributed by atoms with Crippen molar-refractivity contribution in [2.75, 3.05) is 49.5 Å². The van der Waals surface area contributed by atoms with E-state index < -0.39 is 30.8 Å². The van der Waals surface area contributed by atoms with Crippen LogP contribution in [0.25, 0.3) is 22.2 Å². The Morgan fingerprint density at radius 1 is 1.00 bits per heavy atom. The number of nitrogens with zero attached hydrogens (tertiary/aromatic N) is 7. The predicted molar refractivity (Wildman–Crippen MR) is 236 cm³/mol. The maximum atomic E-state index is 14.6. The van der Waals surface area contributed by atoms with Crippen LogP contribution in [-0.4, -0.2) is 115 Å². The summed E-state index contributed by atoms with van der Waals surface area (Å²) in [7, 11) is 3.44. The van der Waals surface area contributed by atoms with Gasteiger partial charge in [-0.1, -0.05) is 0 Å². The molecule has 5 unspecified atom stereocenters. The summed E-state index contributed by atoms with van der Waals surface area (Å²) in [6.45, 7) is 5.65. The number of aliphatic hydroxyl groups excluding tert-OH is 1. The number of hydrogen-bond acceptors (Lipinski definition) is 11. The zero-order valence-electron chi connectivity index (χ0n) is 36.4. The lowest BCUT2D eigenvalue weighted by atomic mass is 9.85. The number of carbonyl (C=O) groups is 3. The lowest BCUT2D eigenvalue weighted by Crippen LogP contribution is -2.63. The van der Waals surface area contributed by atoms with Crippen molar-refractivity contribution in [3.05, 3.63) is 64.3 Å². The van der Waals surface area contributed by atoms with Crippen LogP contribution in [0.5, 0.6) is 0 Å². The highest BCUT2D eigenvalue weighted by Crippen LogP contribution is 2.40. The normalized spacial score (nSPS) is 22.4. The molecule has 340 valence electrons. The Bertz CT molecular complexity index is 2370. The second kappa shape index (κ2) is 18.9. The van der Waals surface area contributed by atoms with E-state index >= 15 is 0 Å². The number of rotatable bonds is 14. The van der Waals surface area contributed by atoms with Crippen LogP contribution < -0.4 is 32.3 Å². The number of unbranched alkanes of at least 4 members (excludes halogenated alkanes) is 1. The number of alkyl halides is 2. The molecule has 63 heavy (non-hydrogen) atoms. The van der Waals surface area contributed by atoms with E-state index in [0.717, 1.165) is 61.9 Å². The van der Waals surface area contributed by atoms with Crippen LogP contribution in [-0.2, 0) is 34.9 Å². The molecule has 3 fully saturated rings. The van der Waals surface area contributed by atoms with Gasteiger partial charge in [-0.2, -0.15) is 5.10 Å². The van der Waals surface area contributed by atoms with E-state index in [2.05, 4.69) is 25.9 Å². The smallest absolute Gasteiger partial charge is 0.329 e. The molecule has 5 atom stereocenters. The van der Waals surface area contributed by atoms with E-state index in [0.29, 0.717) is 67.8 Å². The number of nitrogens with one attached hydrogen (secondary N) is 3. The number of aromatic nitrogens is 4. The van der Waals surface area contributed by atoms with Gasteiger partial charge in [0.05, 0.1) is 23.4 Å². The highest BCUT2D eigenvalue weighted by Gasteiger charge is 2.40. The molecule has 2 aromatic heterocycles. The molecule has 6 N–H and O–H groups in total. The van der Waals surface area contributed by atoms with Crippen LogP contribution in [0.3, 0.4) is 0 Å². The Hall–Kier alpha value is -5.17. The Kier molecular flexibility index (Phi) is 13.3. The third-order valence-electron chi connectivity index (χ3n) is 13.7. The van der Waals surface area contributed by atoms with Crippen LogP contribution in [0, 0.1) is 5.92 Å². The first-order valence-electron chi connectivity index (χ1n) is 22.5. The minimum absolute atomic E-state index is 0.0339. The summed E-state index contributed by atoms with van der Waals surface area (Å²) >= 11 is 0. The molecule has 18 heteroatoms. The van der Waals surface area contributed by atoms with Gasteiger partial charge in [-0.25, -0.2) is 13.6 Å². The molecule has 8 rings (SSSR count). The quantitative estimate of drug-likeness (QED) is 0.0921. The summed E-state index contributed by atoms with van der Waals surface area (Å²) in [5.41, 5.74) is 11.9. The number of halogens is 2. The monoisotopic (exact) mass is 873 g/mol. The third kappa shape index (κ3) is 9.40. The van der Waals surface area contributed by atoms with Crippen molar-refractivity contribution in [2.24, 2.45) is 25.7 Å². The molecule has 16 nitrogen and oxygen atoms in total. The van der Waals surface area contributed by atoms with Crippen molar-refractivity contribution >= 4 is 40.1 Å². The Labute approximate surface area is 365 Å². The average molecular weight is 874 g/mol. The number of amides is 3. The van der Waals surface area contributed by atoms with Crippen molar-refractivity contribution in [1.82, 2.24) is 39.3 Å². The van der Waals surface area contributed by atoms with Crippen molar-refractivity contribution in [1.29, 1.82) is 0 Å². The number of fused-ring (bicyclic) bond motifs is 2. The van der Waals surface area contributed by atoms with E-state index in [1.54, 1.807) is 44.2 Å². The van der Waals surface area contributed by atoms with E-state index in [1.165, 1.54) is 9.13 Å². The number of aryl methyl sites for hydroxylation is 3. The molecular weight excluding hydrogens is 813 g/mol. The van der Waals surface area contributed by atoms with Gasteiger partial charge in [0.25, 0.3) is 6.43 Å². The zero-order valence-corrected chi connectivity index (χ0v) is 36.4. The number of piperidine rings is 3. The molecule has 4 aromatic rings. The largest absolute Gasteiger partial charge is 0.385 e. The van der Waals surface area contributed by atoms with Crippen LogP contribution >= 0.6 is 0 Å². The lowest BCUT2D eigenvalue weighted by molar-refractivity contribution is -0.136. The third-order valence-corrected chi connectivity index (χ3v) is 13.7. The topological polar surface area (TPSA) is 188 Å². The molecule has 6 heterocycles. The second-order valence-electron chi connectivity index (χ2n) is 17.8. The van der Waals surface area contributed by atoms with Gasteiger partial charge < -0.3 is 31.3 Å². The fourth-order valence-corrected chi connectivity index (χ4v) is 10.2. The minimum atomic E-state index is -2.67. The molecule has 3 saturated heterocycles. The first-order chi connectivity index (χ1) is 30.3. The maximum Gasteiger partial charge on any atom is 0.329 e. The number of benzene rings is 2. The summed E-state index contributed by atoms with van der Waals surface area (Å²) in [4.78, 5) is 56.7. The first-order valence-corrected chi connectivity index (χ1v) is 22.5. The Morgan fingerprint density at radius 3 is 2.51 bits per heavy atom. The summed E-state index contributed by atoms with van der Waals surface area (Å²) in [6, 6.07) is 8.58. The molecule has 0 aliphatic carbocycles. The van der Waals surface area contributed by atoms with E-state index in [9.17, 15) is 33.1 Å². The fraction of sp³-hybridized carbons (Fsp3) is 0.578. The summed E-state index contributed by atoms with van der Waals surface area (Å²) in [6.07, 6.45) is 6.02. The average Bonchev–Trinajstić information content (AvgIpc) is 3.81. The van der Waals surface area contributed by atoms with Gasteiger partial charge in [-0.15, -0.1) is 0 Å². The van der Waals surface area contributed by atoms with Gasteiger partial charge in [0.2, 0.25) is 17.7 Å². The van der Waals surface area contributed by atoms with Gasteiger partial charge in [-0.3, -0.25) is 38.4 Å². The van der Waals surface area contributed by atoms with Crippen LogP contribution in [0.15, 0.2) is 47.5 Å². The maximum absolute atomic E-state index is 14.6. The van der Waals surface area contributed by atoms with Gasteiger partial charge in [-0.05, 0) is 99.7 Å². The van der Waals surface area contributed by atoms with Crippen molar-refractivity contribution in [2.45, 2.75) is 108 Å². The molecule has 0 spiro atoms. The zero-order chi connectivity index (χ0) is 44.5. The fourth-order valence-electron chi connectivity index (χ4n) is 10.2. The number of hydrogen-bond donors (Lipinski definition) is 5. The van der Waals surface area contributed by atoms with Gasteiger partial charge >= 0.3 is 5.69 Å². The molecule has 2 aromatic carbocycles. The summed E-state index contributed by atoms with van der Waals surface area (Å²) in [5, 5.41) is 24.5. The number of likely N-dealkylation sites (tertiary alicyclic amines) is 2. The second-order valence-corrected chi connectivity index (χ2v) is 17.8. The van der Waals surface area contributed by atoms with Crippen LogP contribution in [0.2, 0.25) is 0 Å². The first kappa shape index (κ1) is 44.4. The number of nitrogens with two attached hydrogens (primary N) is 1. The van der Waals surface area contributed by atoms with Gasteiger partial charge in [0, 0.05) is 113 Å². The van der Waals surface area contributed by atoms with Crippen molar-refractivity contribution in [3.63, 3.8) is 0 Å². The van der Waals surface area contributed by atoms with E-state index in [1.807, 2.05) is 34.1 Å². The minimum Gasteiger partial charge on any atom is -0.385 e. The SMILES string of the molecule is CC(O)N1CCC(NC2CCN(C(=O)CCCCNc3ccc4c(c3)n(C)c(=O)n4C3CCC(=O)NC3=O)CC2)C(C(N)N2CCCc3cc(-c4cnn(C)c4)c(C(F)F)cc32)C1. The molecule has 0 saturated carbocycles. The Balaban J connectivity index is 0.834. The number of anilines is 2. The van der Waals surface area contributed by atoms with Gasteiger partial charge in [0.15, 0.2) is 0 Å². The standard InChI is InChI=1S/C45H61F2N11O5/c1-27(59)56-20-15-35(34(26-56)43(48)57-17-6-7-28-21-32(29-24-50-53(2)25-29)33(42(46)47)23-38(28)57)51-30-13-18-55(19-14-30)41(61)8-4-5-16-49-31-9-10-36-39(22-31)54(3)45(63)58(36)37-11-12-40(60)52-44(37)62/h9-10,21-25,27,30,34-35,37,42-43,49,51,59H,4-8,11-20,26,48H2,1-3H3,(H,52,60,62). The van der Waals surface area contributed by atoms with E-state index in [4.69, 9.17) is 5.73 Å². The predicted octanol–water partition coefficient (Wildman–Crippen LogP) is 3.59. The summed E-state index contributed by atoms with van der Waals surface area (Å²) < 4.78 is 33.8. The van der Waals surface area contributed by atoms with Crippen LogP contribution in [0.1, 0.15) is 88.3 Å². The number of imide groups is 1. The highest BCUT2D eigenvalue weighted by molar-refractivity contribution is 6.00. The Morgan fingerprint density at radius 2 is 1.79 bits per heavy atom. The molecule has 3 amide bonds. The molecule has 0 radical (unpaired) electrons.